The molecule has 0 nitrogen and oxygen atoms in total. The fourth-order valence-corrected chi connectivity index (χ4v) is 0. The normalized spacial score (nSPS) is 5.80. The number of rotatable bonds is 0. The second-order valence-corrected chi connectivity index (χ2v) is 5.03. The molecule has 5 heavy (non-hydrogen) atoms. The van der Waals surface area contributed by atoms with Crippen LogP contribution < -0.4 is 0 Å². The molecule has 0 saturated heterocycles. The van der Waals surface area contributed by atoms with Gasteiger partial charge in [0, 0.05) is 0 Å². The molecular formula is Br3CuNi. The van der Waals surface area contributed by atoms with Gasteiger partial charge in [0.05, 0.1) is 0 Å². The van der Waals surface area contributed by atoms with Gasteiger partial charge in [-0.25, -0.2) is 0 Å². The van der Waals surface area contributed by atoms with E-state index >= 15 is 0 Å². The summed E-state index contributed by atoms with van der Waals surface area (Å²) in [6, 6.07) is 0. The van der Waals surface area contributed by atoms with Crippen molar-refractivity contribution in [1.29, 1.82) is 0 Å². The van der Waals surface area contributed by atoms with Gasteiger partial charge in [0.15, 0.2) is 0 Å². The Bertz CT molecular complexity index is 6.85. The molecule has 5 heteroatoms. The van der Waals surface area contributed by atoms with E-state index in [1.54, 1.807) is 0 Å². The van der Waals surface area contributed by atoms with Crippen molar-refractivity contribution >= 4 is 42.6 Å². The fourth-order valence-electron chi connectivity index (χ4n) is 0. The molecule has 42 valence electrons. The summed E-state index contributed by atoms with van der Waals surface area (Å²) in [6.07, 6.45) is 0. The van der Waals surface area contributed by atoms with Gasteiger partial charge in [0.2, 0.25) is 0 Å². The Morgan fingerprint density at radius 1 is 1.20 bits per heavy atom. The maximum atomic E-state index is 4.00. The number of hydrogen-bond donors (Lipinski definition) is 0. The zero-order chi connectivity index (χ0) is 4.71. The summed E-state index contributed by atoms with van der Waals surface area (Å²) in [5.74, 6) is 0. The summed E-state index contributed by atoms with van der Waals surface area (Å²) in [6.45, 7) is 0. The summed E-state index contributed by atoms with van der Waals surface area (Å²) in [7, 11) is 1.25. The molecule has 0 aliphatic carbocycles. The Kier molecular flexibility index (Phi) is 33.6. The van der Waals surface area contributed by atoms with E-state index in [0.717, 1.165) is 0 Å². The summed E-state index contributed by atoms with van der Waals surface area (Å²) in [4.78, 5) is 0. The Balaban J connectivity index is 0. The molecular weight excluding hydrogens is 362 g/mol. The van der Waals surface area contributed by atoms with Crippen LogP contribution in [0.1, 0.15) is 0 Å². The molecule has 0 aliphatic rings. The molecule has 0 amide bonds. The number of halogens is 3. The van der Waals surface area contributed by atoms with E-state index in [1.807, 2.05) is 0 Å². The van der Waals surface area contributed by atoms with Crippen LogP contribution in [0.15, 0.2) is 0 Å². The topological polar surface area (TPSA) is 0 Å². The third kappa shape index (κ3) is 21.3. The van der Waals surface area contributed by atoms with Gasteiger partial charge in [-0.3, -0.25) is 0 Å². The Morgan fingerprint density at radius 3 is 1.20 bits per heavy atom. The van der Waals surface area contributed by atoms with Crippen molar-refractivity contribution < 1.29 is 25.1 Å². The molecule has 0 rings (SSSR count). The van der Waals surface area contributed by atoms with Gasteiger partial charge in [-0.1, -0.05) is 0 Å². The molecule has 0 heterocycles. The van der Waals surface area contributed by atoms with Crippen LogP contribution in [0.3, 0.4) is 0 Å². The van der Waals surface area contributed by atoms with Crippen LogP contribution in [0.25, 0.3) is 0 Å². The Morgan fingerprint density at radius 2 is 1.20 bits per heavy atom. The second-order valence-electron chi connectivity index (χ2n) is 0.0452. The molecule has 0 bridgehead atoms. The van der Waals surface area contributed by atoms with E-state index in [9.17, 15) is 0 Å². The van der Waals surface area contributed by atoms with Crippen LogP contribution in [0, 0.1) is 0 Å². The van der Waals surface area contributed by atoms with Crippen molar-refractivity contribution in [1.82, 2.24) is 0 Å². The first-order chi connectivity index (χ1) is 2.41. The van der Waals surface area contributed by atoms with Gasteiger partial charge in [0.1, 0.15) is 0 Å². The summed E-state index contributed by atoms with van der Waals surface area (Å²) in [5.41, 5.74) is 0. The first-order valence-corrected chi connectivity index (χ1v) is 7.56. The minimum absolute atomic E-state index is 1.25. The molecule has 0 radical (unpaired) electrons. The molecule has 0 spiro atoms. The molecule has 0 N–H and O–H groups in total. The minimum atomic E-state index is 1.25. The zero-order valence-electron chi connectivity index (χ0n) is 1.75. The van der Waals surface area contributed by atoms with Gasteiger partial charge in [-0.2, -0.15) is 0 Å². The molecule has 0 fully saturated rings. The monoisotopic (exact) mass is 358 g/mol. The summed E-state index contributed by atoms with van der Waals surface area (Å²) in [5, 5.41) is 0. The van der Waals surface area contributed by atoms with Crippen molar-refractivity contribution in [2.75, 3.05) is 0 Å². The average molecular weight is 362 g/mol. The molecule has 0 atom stereocenters. The first-order valence-electron chi connectivity index (χ1n) is 0.353. The van der Waals surface area contributed by atoms with E-state index in [-0.39, 0.29) is 0 Å². The van der Waals surface area contributed by atoms with E-state index in [2.05, 4.69) is 56.8 Å². The van der Waals surface area contributed by atoms with Crippen LogP contribution in [0.5, 0.6) is 0 Å². The van der Waals surface area contributed by atoms with Gasteiger partial charge in [-0.05, 0) is 0 Å². The molecule has 0 aromatic heterocycles. The van der Waals surface area contributed by atoms with E-state index in [1.165, 1.54) is 10.9 Å². The van der Waals surface area contributed by atoms with E-state index in [0.29, 0.717) is 0 Å². The maximum absolute atomic E-state index is 4.00. The van der Waals surface area contributed by atoms with Crippen LogP contribution >= 0.6 is 42.6 Å². The van der Waals surface area contributed by atoms with Crippen LogP contribution in [-0.4, -0.2) is 0 Å². The van der Waals surface area contributed by atoms with Crippen molar-refractivity contribution in [2.24, 2.45) is 0 Å². The van der Waals surface area contributed by atoms with Crippen molar-refractivity contribution in [3.05, 3.63) is 0 Å². The SMILES string of the molecule is [Br][Ni][Br].[Cu][Br]. The number of hydrogen-bond acceptors (Lipinski definition) is 0. The molecule has 0 unspecified atom stereocenters. The molecule has 0 aromatic carbocycles. The van der Waals surface area contributed by atoms with Crippen molar-refractivity contribution in [2.45, 2.75) is 0 Å². The van der Waals surface area contributed by atoms with E-state index < -0.39 is 0 Å². The quantitative estimate of drug-likeness (QED) is 0.582. The first kappa shape index (κ1) is 10.4. The van der Waals surface area contributed by atoms with Crippen molar-refractivity contribution in [3.8, 4) is 0 Å². The standard InChI is InChI=1S/3BrH.Cu.Ni/h3*1H;;/q;;;+1;+2/p-3. The Labute approximate surface area is 66.7 Å². The van der Waals surface area contributed by atoms with Crippen LogP contribution in [-0.2, 0) is 25.1 Å². The average Bonchev–Trinajstić information content (AvgIpc) is 1.46. The molecule has 0 aromatic rings. The third-order valence-electron chi connectivity index (χ3n) is 0. The van der Waals surface area contributed by atoms with Crippen LogP contribution in [0.2, 0.25) is 0 Å². The van der Waals surface area contributed by atoms with Crippen molar-refractivity contribution in [3.63, 3.8) is 0 Å². The van der Waals surface area contributed by atoms with Gasteiger partial charge in [0.25, 0.3) is 0 Å². The Hall–Kier alpha value is 2.45. The zero-order valence-corrected chi connectivity index (χ0v) is 8.44. The van der Waals surface area contributed by atoms with Gasteiger partial charge in [-0.15, -0.1) is 0 Å². The fraction of sp³-hybridized carbons (Fsp3) is 0. The molecule has 0 aliphatic heterocycles. The van der Waals surface area contributed by atoms with Gasteiger partial charge >= 0.3 is 67.7 Å². The third-order valence-corrected chi connectivity index (χ3v) is 0. The van der Waals surface area contributed by atoms with Gasteiger partial charge < -0.3 is 0 Å². The summed E-state index contributed by atoms with van der Waals surface area (Å²) < 4.78 is 0. The summed E-state index contributed by atoms with van der Waals surface area (Å²) >= 11 is 12.5. The molecule has 0 saturated carbocycles. The van der Waals surface area contributed by atoms with Crippen LogP contribution in [0.4, 0.5) is 0 Å². The van der Waals surface area contributed by atoms with E-state index in [4.69, 9.17) is 0 Å². The second kappa shape index (κ2) is 16.1. The predicted molar refractivity (Wildman–Crippen MR) is 26.8 cm³/mol. The predicted octanol–water partition coefficient (Wildman–Crippen LogP) is 2.53.